The third-order valence-electron chi connectivity index (χ3n) is 2.75. The van der Waals surface area contributed by atoms with E-state index in [1.54, 1.807) is 11.0 Å². The first kappa shape index (κ1) is 12.7. The number of carbonyl (C=O) groups excluding carboxylic acids is 1. The van der Waals surface area contributed by atoms with Gasteiger partial charge in [-0.1, -0.05) is 0 Å². The Balaban J connectivity index is 2.18. The third-order valence-corrected chi connectivity index (χ3v) is 2.93. The number of imidazole rings is 1. The molecule has 1 aromatic heterocycles. The van der Waals surface area contributed by atoms with E-state index in [0.717, 1.165) is 16.7 Å². The van der Waals surface area contributed by atoms with Gasteiger partial charge in [-0.3, -0.25) is 0 Å². The number of anilines is 1. The smallest absolute Gasteiger partial charge is 0.321 e. The van der Waals surface area contributed by atoms with Gasteiger partial charge in [-0.2, -0.15) is 0 Å². The van der Waals surface area contributed by atoms with Crippen molar-refractivity contribution in [1.29, 1.82) is 0 Å². The topological polar surface area (TPSA) is 61.0 Å². The molecule has 0 aliphatic rings. The lowest BCUT2D eigenvalue weighted by Gasteiger charge is -2.19. The molecule has 96 valence electrons. The molecule has 0 bridgehead atoms. The Labute approximate surface area is 110 Å². The SMILES string of the molecule is CCN(CC)C(=O)Nc1ccc2nc(Cl)[nH]c2c1. The van der Waals surface area contributed by atoms with E-state index < -0.39 is 0 Å². The van der Waals surface area contributed by atoms with E-state index in [-0.39, 0.29) is 6.03 Å². The van der Waals surface area contributed by atoms with Crippen LogP contribution in [0, 0.1) is 0 Å². The second-order valence-electron chi connectivity index (χ2n) is 3.86. The summed E-state index contributed by atoms with van der Waals surface area (Å²) in [6.45, 7) is 5.25. The summed E-state index contributed by atoms with van der Waals surface area (Å²) in [5.74, 6) is 0. The lowest BCUT2D eigenvalue weighted by atomic mass is 10.3. The largest absolute Gasteiger partial charge is 0.329 e. The van der Waals surface area contributed by atoms with Crippen LogP contribution in [0.4, 0.5) is 10.5 Å². The Morgan fingerprint density at radius 3 is 2.83 bits per heavy atom. The summed E-state index contributed by atoms with van der Waals surface area (Å²) in [6.07, 6.45) is 0. The van der Waals surface area contributed by atoms with E-state index in [1.807, 2.05) is 26.0 Å². The zero-order valence-electron chi connectivity index (χ0n) is 10.3. The minimum atomic E-state index is -0.107. The fourth-order valence-electron chi connectivity index (χ4n) is 1.77. The molecular weight excluding hydrogens is 252 g/mol. The molecule has 0 fully saturated rings. The van der Waals surface area contributed by atoms with E-state index >= 15 is 0 Å². The first-order valence-electron chi connectivity index (χ1n) is 5.85. The van der Waals surface area contributed by atoms with Gasteiger partial charge < -0.3 is 15.2 Å². The van der Waals surface area contributed by atoms with Gasteiger partial charge in [-0.05, 0) is 43.6 Å². The molecule has 1 heterocycles. The van der Waals surface area contributed by atoms with Crippen molar-refractivity contribution in [2.45, 2.75) is 13.8 Å². The maximum Gasteiger partial charge on any atom is 0.321 e. The summed E-state index contributed by atoms with van der Waals surface area (Å²) in [7, 11) is 0. The number of nitrogens with one attached hydrogen (secondary N) is 2. The average molecular weight is 267 g/mol. The van der Waals surface area contributed by atoms with Crippen LogP contribution in [0.25, 0.3) is 11.0 Å². The number of rotatable bonds is 3. The van der Waals surface area contributed by atoms with Crippen molar-refractivity contribution in [1.82, 2.24) is 14.9 Å². The van der Waals surface area contributed by atoms with Crippen LogP contribution in [-0.2, 0) is 0 Å². The minimum absolute atomic E-state index is 0.107. The number of fused-ring (bicyclic) bond motifs is 1. The number of carbonyl (C=O) groups is 1. The number of H-pyrrole nitrogens is 1. The maximum atomic E-state index is 11.9. The number of aromatic amines is 1. The lowest BCUT2D eigenvalue weighted by Crippen LogP contribution is -2.34. The fourth-order valence-corrected chi connectivity index (χ4v) is 1.96. The second kappa shape index (κ2) is 5.27. The first-order chi connectivity index (χ1) is 8.63. The molecule has 0 unspecified atom stereocenters. The number of hydrogen-bond acceptors (Lipinski definition) is 2. The number of urea groups is 1. The van der Waals surface area contributed by atoms with E-state index in [2.05, 4.69) is 15.3 Å². The molecule has 6 heteroatoms. The maximum absolute atomic E-state index is 11.9. The van der Waals surface area contributed by atoms with Crippen molar-refractivity contribution >= 4 is 34.4 Å². The summed E-state index contributed by atoms with van der Waals surface area (Å²) in [5.41, 5.74) is 2.30. The van der Waals surface area contributed by atoms with E-state index in [0.29, 0.717) is 18.4 Å². The van der Waals surface area contributed by atoms with Gasteiger partial charge in [-0.15, -0.1) is 0 Å². The number of benzene rings is 1. The van der Waals surface area contributed by atoms with Crippen LogP contribution in [0.2, 0.25) is 5.28 Å². The number of aromatic nitrogens is 2. The molecule has 2 aromatic rings. The van der Waals surface area contributed by atoms with Gasteiger partial charge in [0.25, 0.3) is 0 Å². The summed E-state index contributed by atoms with van der Waals surface area (Å²) in [4.78, 5) is 20.6. The minimum Gasteiger partial charge on any atom is -0.329 e. The van der Waals surface area contributed by atoms with E-state index in [1.165, 1.54) is 0 Å². The molecule has 0 saturated carbocycles. The fraction of sp³-hybridized carbons (Fsp3) is 0.333. The van der Waals surface area contributed by atoms with Crippen LogP contribution >= 0.6 is 11.6 Å². The quantitative estimate of drug-likeness (QED) is 0.897. The summed E-state index contributed by atoms with van der Waals surface area (Å²) in [5, 5.41) is 3.19. The zero-order valence-corrected chi connectivity index (χ0v) is 11.1. The number of nitrogens with zero attached hydrogens (tertiary/aromatic N) is 2. The number of amides is 2. The molecule has 2 N–H and O–H groups in total. The normalized spacial score (nSPS) is 10.6. The molecule has 2 rings (SSSR count). The monoisotopic (exact) mass is 266 g/mol. The predicted molar refractivity (Wildman–Crippen MR) is 73.0 cm³/mol. The van der Waals surface area contributed by atoms with Gasteiger partial charge in [0, 0.05) is 18.8 Å². The summed E-state index contributed by atoms with van der Waals surface area (Å²) < 4.78 is 0. The molecule has 0 saturated heterocycles. The van der Waals surface area contributed by atoms with E-state index in [4.69, 9.17) is 11.6 Å². The van der Waals surface area contributed by atoms with Crippen molar-refractivity contribution in [2.24, 2.45) is 0 Å². The van der Waals surface area contributed by atoms with Crippen LogP contribution in [0.1, 0.15) is 13.8 Å². The Morgan fingerprint density at radius 2 is 2.17 bits per heavy atom. The highest BCUT2D eigenvalue weighted by molar-refractivity contribution is 6.29. The zero-order chi connectivity index (χ0) is 13.1. The average Bonchev–Trinajstić information content (AvgIpc) is 2.70. The molecule has 0 aliphatic heterocycles. The first-order valence-corrected chi connectivity index (χ1v) is 6.23. The standard InChI is InChI=1S/C12H15ClN4O/c1-3-17(4-2)12(18)14-8-5-6-9-10(7-8)16-11(13)15-9/h5-7H,3-4H2,1-2H3,(H,14,18)(H,15,16). The molecule has 0 spiro atoms. The Hall–Kier alpha value is -1.75. The molecule has 0 radical (unpaired) electrons. The van der Waals surface area contributed by atoms with E-state index in [9.17, 15) is 4.79 Å². The van der Waals surface area contributed by atoms with Gasteiger partial charge in [0.2, 0.25) is 5.28 Å². The van der Waals surface area contributed by atoms with Gasteiger partial charge in [0.15, 0.2) is 0 Å². The second-order valence-corrected chi connectivity index (χ2v) is 4.22. The highest BCUT2D eigenvalue weighted by Gasteiger charge is 2.10. The van der Waals surface area contributed by atoms with Crippen LogP contribution in [-0.4, -0.2) is 34.0 Å². The van der Waals surface area contributed by atoms with Crippen molar-refractivity contribution in [3.63, 3.8) is 0 Å². The highest BCUT2D eigenvalue weighted by atomic mass is 35.5. The van der Waals surface area contributed by atoms with Gasteiger partial charge >= 0.3 is 6.03 Å². The van der Waals surface area contributed by atoms with Gasteiger partial charge in [0.05, 0.1) is 11.0 Å². The van der Waals surface area contributed by atoms with Crippen LogP contribution < -0.4 is 5.32 Å². The van der Waals surface area contributed by atoms with Crippen LogP contribution in [0.5, 0.6) is 0 Å². The predicted octanol–water partition coefficient (Wildman–Crippen LogP) is 3.09. The number of hydrogen-bond donors (Lipinski definition) is 2. The van der Waals surface area contributed by atoms with Crippen molar-refractivity contribution < 1.29 is 4.79 Å². The molecular formula is C12H15ClN4O. The molecule has 2 amide bonds. The lowest BCUT2D eigenvalue weighted by molar-refractivity contribution is 0.217. The molecule has 1 aromatic carbocycles. The molecule has 0 atom stereocenters. The Kier molecular flexibility index (Phi) is 3.72. The van der Waals surface area contributed by atoms with Crippen LogP contribution in [0.15, 0.2) is 18.2 Å². The third kappa shape index (κ3) is 2.56. The Morgan fingerprint density at radius 1 is 1.44 bits per heavy atom. The summed E-state index contributed by atoms with van der Waals surface area (Å²) in [6, 6.07) is 5.33. The molecule has 5 nitrogen and oxygen atoms in total. The number of halogens is 1. The van der Waals surface area contributed by atoms with Crippen LogP contribution in [0.3, 0.4) is 0 Å². The van der Waals surface area contributed by atoms with Gasteiger partial charge in [-0.25, -0.2) is 9.78 Å². The molecule has 0 aliphatic carbocycles. The molecule has 18 heavy (non-hydrogen) atoms. The van der Waals surface area contributed by atoms with Crippen molar-refractivity contribution in [3.05, 3.63) is 23.5 Å². The van der Waals surface area contributed by atoms with Crippen molar-refractivity contribution in [3.8, 4) is 0 Å². The van der Waals surface area contributed by atoms with Crippen molar-refractivity contribution in [2.75, 3.05) is 18.4 Å². The highest BCUT2D eigenvalue weighted by Crippen LogP contribution is 2.19. The summed E-state index contributed by atoms with van der Waals surface area (Å²) >= 11 is 5.77. The van der Waals surface area contributed by atoms with Gasteiger partial charge in [0.1, 0.15) is 0 Å². The Bertz CT molecular complexity index is 562.